The summed E-state index contributed by atoms with van der Waals surface area (Å²) in [6.07, 6.45) is 3.79. The molecule has 0 radical (unpaired) electrons. The van der Waals surface area contributed by atoms with Crippen molar-refractivity contribution >= 4 is 6.09 Å². The molecule has 1 aliphatic rings. The van der Waals surface area contributed by atoms with Gasteiger partial charge in [-0.3, -0.25) is 0 Å². The zero-order valence-corrected chi connectivity index (χ0v) is 13.8. The van der Waals surface area contributed by atoms with Gasteiger partial charge in [-0.2, -0.15) is 0 Å². The van der Waals surface area contributed by atoms with Gasteiger partial charge in [0.1, 0.15) is 11.4 Å². The first-order chi connectivity index (χ1) is 10.3. The monoisotopic (exact) mass is 307 g/mol. The second-order valence-electron chi connectivity index (χ2n) is 7.09. The summed E-state index contributed by atoms with van der Waals surface area (Å²) in [6.45, 7) is 7.16. The number of likely N-dealkylation sites (tertiary alicyclic amines) is 1. The van der Waals surface area contributed by atoms with Crippen LogP contribution in [0.4, 0.5) is 9.18 Å². The van der Waals surface area contributed by atoms with E-state index in [1.165, 1.54) is 12.1 Å². The number of carbonyl (C=O) groups excluding carboxylic acids is 1. The average Bonchev–Trinajstić information content (AvgIpc) is 2.65. The summed E-state index contributed by atoms with van der Waals surface area (Å²) in [5.74, 6) is 0.346. The van der Waals surface area contributed by atoms with E-state index in [-0.39, 0.29) is 11.9 Å². The van der Waals surface area contributed by atoms with E-state index in [4.69, 9.17) is 4.74 Å². The van der Waals surface area contributed by atoms with Crippen LogP contribution >= 0.6 is 0 Å². The number of carbonyl (C=O) groups is 1. The molecule has 1 aliphatic heterocycles. The maximum atomic E-state index is 12.9. The Balaban J connectivity index is 1.87. The molecule has 1 saturated heterocycles. The molecule has 1 fully saturated rings. The SMILES string of the molecule is CC(C)(C)OC(=O)N1CCCC(Cc2ccc(F)cc2)CC1. The summed E-state index contributed by atoms with van der Waals surface area (Å²) in [5.41, 5.74) is 0.716. The number of ether oxygens (including phenoxy) is 1. The topological polar surface area (TPSA) is 29.5 Å². The van der Waals surface area contributed by atoms with E-state index in [1.54, 1.807) is 0 Å². The zero-order valence-electron chi connectivity index (χ0n) is 13.8. The Bertz CT molecular complexity index is 493. The largest absolute Gasteiger partial charge is 0.444 e. The van der Waals surface area contributed by atoms with Crippen molar-refractivity contribution < 1.29 is 13.9 Å². The van der Waals surface area contributed by atoms with E-state index in [0.29, 0.717) is 5.92 Å². The van der Waals surface area contributed by atoms with E-state index in [9.17, 15) is 9.18 Å². The Hall–Kier alpha value is -1.58. The molecule has 0 aliphatic carbocycles. The smallest absolute Gasteiger partial charge is 0.410 e. The Morgan fingerprint density at radius 3 is 2.55 bits per heavy atom. The maximum absolute atomic E-state index is 12.9. The van der Waals surface area contributed by atoms with Gasteiger partial charge in [0, 0.05) is 13.1 Å². The van der Waals surface area contributed by atoms with Crippen LogP contribution in [0, 0.1) is 11.7 Å². The van der Waals surface area contributed by atoms with Gasteiger partial charge in [-0.05, 0) is 70.1 Å². The molecule has 1 aromatic carbocycles. The van der Waals surface area contributed by atoms with Crippen molar-refractivity contribution in [3.05, 3.63) is 35.6 Å². The molecule has 2 rings (SSSR count). The summed E-state index contributed by atoms with van der Waals surface area (Å²) >= 11 is 0. The summed E-state index contributed by atoms with van der Waals surface area (Å²) in [6, 6.07) is 6.73. The molecule has 0 aromatic heterocycles. The number of rotatable bonds is 2. The third-order valence-electron chi connectivity index (χ3n) is 3.94. The van der Waals surface area contributed by atoms with Crippen molar-refractivity contribution in [2.45, 2.75) is 52.1 Å². The Labute approximate surface area is 132 Å². The quantitative estimate of drug-likeness (QED) is 0.810. The minimum atomic E-state index is -0.448. The Morgan fingerprint density at radius 2 is 1.91 bits per heavy atom. The first-order valence-corrected chi connectivity index (χ1v) is 8.06. The standard InChI is InChI=1S/C18H26FNO2/c1-18(2,3)22-17(21)20-11-4-5-14(10-12-20)13-15-6-8-16(19)9-7-15/h6-9,14H,4-5,10-13H2,1-3H3. The third kappa shape index (κ3) is 5.32. The molecule has 4 heteroatoms. The molecule has 1 unspecified atom stereocenters. The molecule has 1 atom stereocenters. The highest BCUT2D eigenvalue weighted by atomic mass is 19.1. The summed E-state index contributed by atoms with van der Waals surface area (Å²) < 4.78 is 18.4. The second-order valence-corrected chi connectivity index (χ2v) is 7.09. The molecule has 1 heterocycles. The molecule has 122 valence electrons. The predicted octanol–water partition coefficient (Wildman–Crippen LogP) is 4.41. The minimum Gasteiger partial charge on any atom is -0.444 e. The van der Waals surface area contributed by atoms with Gasteiger partial charge in [0.2, 0.25) is 0 Å². The average molecular weight is 307 g/mol. The number of benzene rings is 1. The zero-order chi connectivity index (χ0) is 16.2. The van der Waals surface area contributed by atoms with Crippen LogP contribution < -0.4 is 0 Å². The van der Waals surface area contributed by atoms with E-state index >= 15 is 0 Å². The molecular weight excluding hydrogens is 281 g/mol. The normalized spacial score (nSPS) is 19.6. The molecule has 0 bridgehead atoms. The minimum absolute atomic E-state index is 0.194. The van der Waals surface area contributed by atoms with E-state index < -0.39 is 5.60 Å². The highest BCUT2D eigenvalue weighted by Crippen LogP contribution is 2.23. The number of hydrogen-bond acceptors (Lipinski definition) is 2. The van der Waals surface area contributed by atoms with Crippen molar-refractivity contribution in [3.63, 3.8) is 0 Å². The number of nitrogens with zero attached hydrogens (tertiary/aromatic N) is 1. The van der Waals surface area contributed by atoms with Crippen molar-refractivity contribution in [1.82, 2.24) is 4.90 Å². The van der Waals surface area contributed by atoms with Crippen molar-refractivity contribution in [1.29, 1.82) is 0 Å². The summed E-state index contributed by atoms with van der Waals surface area (Å²) in [4.78, 5) is 13.9. The molecule has 0 saturated carbocycles. The lowest BCUT2D eigenvalue weighted by Crippen LogP contribution is -2.37. The van der Waals surface area contributed by atoms with Crippen LogP contribution in [0.25, 0.3) is 0 Å². The molecule has 0 spiro atoms. The molecule has 3 nitrogen and oxygen atoms in total. The molecule has 1 amide bonds. The van der Waals surface area contributed by atoms with Gasteiger partial charge in [-0.25, -0.2) is 9.18 Å². The van der Waals surface area contributed by atoms with Crippen LogP contribution in [-0.4, -0.2) is 29.7 Å². The molecule has 1 aromatic rings. The third-order valence-corrected chi connectivity index (χ3v) is 3.94. The number of hydrogen-bond donors (Lipinski definition) is 0. The Kier molecular flexibility index (Phi) is 5.43. The van der Waals surface area contributed by atoms with Gasteiger partial charge in [0.05, 0.1) is 0 Å². The lowest BCUT2D eigenvalue weighted by atomic mass is 9.93. The van der Waals surface area contributed by atoms with Gasteiger partial charge in [0.15, 0.2) is 0 Å². The summed E-state index contributed by atoms with van der Waals surface area (Å²) in [5, 5.41) is 0. The fraction of sp³-hybridized carbons (Fsp3) is 0.611. The first-order valence-electron chi connectivity index (χ1n) is 8.06. The van der Waals surface area contributed by atoms with Crippen molar-refractivity contribution in [3.8, 4) is 0 Å². The molecule has 22 heavy (non-hydrogen) atoms. The van der Waals surface area contributed by atoms with Crippen molar-refractivity contribution in [2.75, 3.05) is 13.1 Å². The van der Waals surface area contributed by atoms with E-state index in [0.717, 1.165) is 44.3 Å². The van der Waals surface area contributed by atoms with Gasteiger partial charge >= 0.3 is 6.09 Å². The fourth-order valence-corrected chi connectivity index (χ4v) is 2.83. The molecule has 0 N–H and O–H groups in total. The lowest BCUT2D eigenvalue weighted by Gasteiger charge is -2.26. The number of amides is 1. The van der Waals surface area contributed by atoms with Gasteiger partial charge in [-0.15, -0.1) is 0 Å². The highest BCUT2D eigenvalue weighted by Gasteiger charge is 2.25. The highest BCUT2D eigenvalue weighted by molar-refractivity contribution is 5.68. The summed E-state index contributed by atoms with van der Waals surface area (Å²) in [7, 11) is 0. The Morgan fingerprint density at radius 1 is 1.23 bits per heavy atom. The van der Waals surface area contributed by atoms with Crippen LogP contribution in [0.15, 0.2) is 24.3 Å². The van der Waals surface area contributed by atoms with Gasteiger partial charge in [-0.1, -0.05) is 12.1 Å². The van der Waals surface area contributed by atoms with E-state index in [2.05, 4.69) is 0 Å². The van der Waals surface area contributed by atoms with Crippen LogP contribution in [0.5, 0.6) is 0 Å². The van der Waals surface area contributed by atoms with Gasteiger partial charge in [0.25, 0.3) is 0 Å². The van der Waals surface area contributed by atoms with Crippen LogP contribution in [0.3, 0.4) is 0 Å². The van der Waals surface area contributed by atoms with E-state index in [1.807, 2.05) is 37.8 Å². The maximum Gasteiger partial charge on any atom is 0.410 e. The fourth-order valence-electron chi connectivity index (χ4n) is 2.83. The van der Waals surface area contributed by atoms with Gasteiger partial charge < -0.3 is 9.64 Å². The second kappa shape index (κ2) is 7.12. The van der Waals surface area contributed by atoms with Crippen LogP contribution in [0.2, 0.25) is 0 Å². The first kappa shape index (κ1) is 16.8. The van der Waals surface area contributed by atoms with Crippen LogP contribution in [0.1, 0.15) is 45.6 Å². The van der Waals surface area contributed by atoms with Crippen LogP contribution in [-0.2, 0) is 11.2 Å². The predicted molar refractivity (Wildman–Crippen MR) is 85.3 cm³/mol. The lowest BCUT2D eigenvalue weighted by molar-refractivity contribution is 0.0255. The van der Waals surface area contributed by atoms with Crippen molar-refractivity contribution in [2.24, 2.45) is 5.92 Å². The number of halogens is 1. The molecular formula is C18H26FNO2.